The number of hydrogen-bond donors (Lipinski definition) is 0. The number of esters is 1. The van der Waals surface area contributed by atoms with Crippen molar-refractivity contribution in [1.29, 1.82) is 0 Å². The molecule has 2 aromatic carbocycles. The van der Waals surface area contributed by atoms with Gasteiger partial charge in [-0.15, -0.1) is 0 Å². The van der Waals surface area contributed by atoms with Gasteiger partial charge in [-0.3, -0.25) is 19.5 Å². The number of ether oxygens (including phenoxy) is 2. The molecule has 0 bridgehead atoms. The average molecular weight is 522 g/mol. The molecule has 1 aliphatic heterocycles. The number of carbonyl (C=O) groups is 1. The summed E-state index contributed by atoms with van der Waals surface area (Å²) in [5.74, 6) is 0.292. The summed E-state index contributed by atoms with van der Waals surface area (Å²) in [6.07, 6.45) is 1.60. The Morgan fingerprint density at radius 2 is 1.97 bits per heavy atom. The van der Waals surface area contributed by atoms with E-state index >= 15 is 0 Å². The van der Waals surface area contributed by atoms with Crippen LogP contribution < -0.4 is 19.6 Å². The van der Waals surface area contributed by atoms with Gasteiger partial charge in [0.05, 0.1) is 40.0 Å². The lowest BCUT2D eigenvalue weighted by atomic mass is 9.96. The second-order valence-electron chi connectivity index (χ2n) is 8.93. The van der Waals surface area contributed by atoms with E-state index in [1.807, 2.05) is 32.9 Å². The largest absolute Gasteiger partial charge is 0.494 e. The number of allylic oxidation sites excluding steroid dienone is 1. The first-order valence-corrected chi connectivity index (χ1v) is 12.7. The van der Waals surface area contributed by atoms with Gasteiger partial charge in [-0.2, -0.15) is 0 Å². The van der Waals surface area contributed by atoms with Crippen molar-refractivity contribution in [3.63, 3.8) is 0 Å². The van der Waals surface area contributed by atoms with E-state index in [4.69, 9.17) is 9.47 Å². The van der Waals surface area contributed by atoms with Crippen LogP contribution >= 0.6 is 11.3 Å². The molecule has 9 nitrogen and oxygen atoms in total. The Bertz CT molecular complexity index is 1550. The fraction of sp³-hybridized carbons (Fsp3) is 0.296. The van der Waals surface area contributed by atoms with Crippen molar-refractivity contribution in [3.05, 3.63) is 101 Å². The first-order valence-electron chi connectivity index (χ1n) is 11.9. The van der Waals surface area contributed by atoms with Crippen LogP contribution in [-0.2, 0) is 9.53 Å². The fourth-order valence-corrected chi connectivity index (χ4v) is 5.06. The first-order chi connectivity index (χ1) is 17.7. The Morgan fingerprint density at radius 3 is 2.62 bits per heavy atom. The Balaban J connectivity index is 1.88. The van der Waals surface area contributed by atoms with Crippen LogP contribution in [0.1, 0.15) is 44.9 Å². The summed E-state index contributed by atoms with van der Waals surface area (Å²) in [4.78, 5) is 42.6. The number of thiazole rings is 1. The van der Waals surface area contributed by atoms with Gasteiger partial charge in [-0.05, 0) is 49.1 Å². The number of hydrogen-bond acceptors (Lipinski definition) is 8. The molecule has 1 aromatic heterocycles. The number of nitro benzene ring substituents is 1. The van der Waals surface area contributed by atoms with Gasteiger partial charge in [0.2, 0.25) is 0 Å². The zero-order valence-electron chi connectivity index (χ0n) is 21.0. The highest BCUT2D eigenvalue weighted by Crippen LogP contribution is 2.31. The zero-order chi connectivity index (χ0) is 26.7. The van der Waals surface area contributed by atoms with Crippen LogP contribution in [0.5, 0.6) is 5.75 Å². The van der Waals surface area contributed by atoms with Crippen LogP contribution in [0.15, 0.2) is 69.6 Å². The molecule has 0 fully saturated rings. The molecule has 3 aromatic rings. The second kappa shape index (κ2) is 10.9. The third-order valence-corrected chi connectivity index (χ3v) is 6.66. The number of fused-ring (bicyclic) bond motifs is 1. The summed E-state index contributed by atoms with van der Waals surface area (Å²) in [7, 11) is 0. The monoisotopic (exact) mass is 521 g/mol. The van der Waals surface area contributed by atoms with E-state index < -0.39 is 16.9 Å². The highest BCUT2D eigenvalue weighted by Gasteiger charge is 2.33. The molecular weight excluding hydrogens is 494 g/mol. The molecule has 0 N–H and O–H groups in total. The summed E-state index contributed by atoms with van der Waals surface area (Å²) in [5.41, 5.74) is 1.56. The quantitative estimate of drug-likeness (QED) is 0.254. The van der Waals surface area contributed by atoms with E-state index in [0.717, 1.165) is 11.3 Å². The zero-order valence-corrected chi connectivity index (χ0v) is 21.8. The van der Waals surface area contributed by atoms with Crippen molar-refractivity contribution in [3.8, 4) is 5.75 Å². The Hall–Kier alpha value is -4.05. The maximum atomic E-state index is 13.7. The number of aromatic nitrogens is 1. The topological polar surface area (TPSA) is 113 Å². The minimum Gasteiger partial charge on any atom is -0.494 e. The Kier molecular flexibility index (Phi) is 7.68. The van der Waals surface area contributed by atoms with E-state index in [1.54, 1.807) is 37.3 Å². The number of carbonyl (C=O) groups excluding carboxylic acids is 1. The molecule has 37 heavy (non-hydrogen) atoms. The smallest absolute Gasteiger partial charge is 0.338 e. The lowest BCUT2D eigenvalue weighted by molar-refractivity contribution is -0.384. The molecule has 0 spiro atoms. The summed E-state index contributed by atoms with van der Waals surface area (Å²) in [5, 5.41) is 11.2. The summed E-state index contributed by atoms with van der Waals surface area (Å²) in [6.45, 7) is 8.26. The molecule has 1 aliphatic rings. The van der Waals surface area contributed by atoms with Crippen LogP contribution in [0.25, 0.3) is 6.08 Å². The predicted molar refractivity (Wildman–Crippen MR) is 140 cm³/mol. The Labute approximate surface area is 217 Å². The molecule has 4 rings (SSSR count). The van der Waals surface area contributed by atoms with Crippen LogP contribution in [0.2, 0.25) is 0 Å². The predicted octanol–water partition coefficient (Wildman–Crippen LogP) is 3.74. The van der Waals surface area contributed by atoms with Crippen molar-refractivity contribution < 1.29 is 19.2 Å². The molecule has 192 valence electrons. The van der Waals surface area contributed by atoms with E-state index in [2.05, 4.69) is 4.99 Å². The van der Waals surface area contributed by atoms with E-state index in [1.165, 1.54) is 16.7 Å². The van der Waals surface area contributed by atoms with Gasteiger partial charge in [-0.1, -0.05) is 49.4 Å². The van der Waals surface area contributed by atoms with Crippen LogP contribution in [0.3, 0.4) is 0 Å². The van der Waals surface area contributed by atoms with E-state index in [-0.39, 0.29) is 23.8 Å². The number of non-ortho nitro benzene ring substituents is 1. The minimum absolute atomic E-state index is 0.0696. The van der Waals surface area contributed by atoms with Gasteiger partial charge in [-0.25, -0.2) is 9.79 Å². The van der Waals surface area contributed by atoms with Crippen molar-refractivity contribution in [1.82, 2.24) is 4.57 Å². The lowest BCUT2D eigenvalue weighted by Gasteiger charge is -2.25. The molecule has 0 radical (unpaired) electrons. The molecule has 1 unspecified atom stereocenters. The maximum Gasteiger partial charge on any atom is 0.338 e. The van der Waals surface area contributed by atoms with Crippen LogP contribution in [-0.4, -0.2) is 28.7 Å². The molecular formula is C27H27N3O6S. The standard InChI is InChI=1S/C27H27N3O6S/c1-5-35-21-11-9-19(10-12-21)24-23(26(32)36-15-16(2)3)17(4)28-27-29(24)25(31)22(37-27)14-18-7-6-8-20(13-18)30(33)34/h6-14,16,24H,5,15H2,1-4H3. The van der Waals surface area contributed by atoms with Crippen LogP contribution in [0.4, 0.5) is 5.69 Å². The fourth-order valence-electron chi connectivity index (χ4n) is 4.01. The summed E-state index contributed by atoms with van der Waals surface area (Å²) < 4.78 is 12.9. The third-order valence-electron chi connectivity index (χ3n) is 5.67. The van der Waals surface area contributed by atoms with Gasteiger partial charge in [0, 0.05) is 12.1 Å². The third kappa shape index (κ3) is 5.54. The molecule has 2 heterocycles. The number of rotatable bonds is 8. The lowest BCUT2D eigenvalue weighted by Crippen LogP contribution is -2.40. The van der Waals surface area contributed by atoms with Gasteiger partial charge in [0.15, 0.2) is 4.80 Å². The molecule has 0 saturated carbocycles. The molecule has 0 saturated heterocycles. The average Bonchev–Trinajstić information content (AvgIpc) is 3.16. The summed E-state index contributed by atoms with van der Waals surface area (Å²) in [6, 6.07) is 12.5. The summed E-state index contributed by atoms with van der Waals surface area (Å²) >= 11 is 1.16. The highest BCUT2D eigenvalue weighted by molar-refractivity contribution is 7.07. The molecule has 0 aliphatic carbocycles. The molecule has 0 amide bonds. The van der Waals surface area contributed by atoms with Gasteiger partial charge in [0.1, 0.15) is 5.75 Å². The number of nitrogens with zero attached hydrogens (tertiary/aromatic N) is 3. The maximum absolute atomic E-state index is 13.7. The minimum atomic E-state index is -0.751. The van der Waals surface area contributed by atoms with Crippen molar-refractivity contribution >= 4 is 29.1 Å². The highest BCUT2D eigenvalue weighted by atomic mass is 32.1. The normalized spacial score (nSPS) is 15.4. The van der Waals surface area contributed by atoms with Crippen molar-refractivity contribution in [2.45, 2.75) is 33.7 Å². The Morgan fingerprint density at radius 1 is 1.24 bits per heavy atom. The van der Waals surface area contributed by atoms with E-state index in [9.17, 15) is 19.7 Å². The molecule has 1 atom stereocenters. The molecule has 10 heteroatoms. The van der Waals surface area contributed by atoms with E-state index in [0.29, 0.717) is 44.1 Å². The van der Waals surface area contributed by atoms with Gasteiger partial charge >= 0.3 is 5.97 Å². The first kappa shape index (κ1) is 26.0. The van der Waals surface area contributed by atoms with Gasteiger partial charge in [0.25, 0.3) is 11.2 Å². The second-order valence-corrected chi connectivity index (χ2v) is 9.94. The van der Waals surface area contributed by atoms with Gasteiger partial charge < -0.3 is 9.47 Å². The van der Waals surface area contributed by atoms with Crippen LogP contribution in [0, 0.1) is 16.0 Å². The number of nitro groups is 1. The van der Waals surface area contributed by atoms with Crippen molar-refractivity contribution in [2.24, 2.45) is 10.9 Å². The number of benzene rings is 2. The van der Waals surface area contributed by atoms with Crippen molar-refractivity contribution in [2.75, 3.05) is 13.2 Å². The SMILES string of the molecule is CCOc1ccc(C2C(C(=O)OCC(C)C)=C(C)N=c3sc(=Cc4cccc([N+](=O)[O-])c4)c(=O)n32)cc1.